The standard InChI is InChI=1S/C14H22N2O/c1-11(2)17-14-5-3-13(4-6-14)16-10-12-7-8-15-9-12/h3-6,11-12,15-16H,7-10H2,1-2H3. The molecule has 0 radical (unpaired) electrons. The minimum absolute atomic E-state index is 0.235. The molecule has 0 amide bonds. The highest BCUT2D eigenvalue weighted by molar-refractivity contribution is 5.46. The maximum Gasteiger partial charge on any atom is 0.119 e. The van der Waals surface area contributed by atoms with Crippen LogP contribution in [0.3, 0.4) is 0 Å². The molecule has 1 atom stereocenters. The molecule has 1 unspecified atom stereocenters. The Labute approximate surface area is 104 Å². The van der Waals surface area contributed by atoms with Gasteiger partial charge in [-0.25, -0.2) is 0 Å². The Kier molecular flexibility index (Phi) is 4.26. The van der Waals surface area contributed by atoms with Crippen molar-refractivity contribution in [1.29, 1.82) is 0 Å². The van der Waals surface area contributed by atoms with Gasteiger partial charge >= 0.3 is 0 Å². The van der Waals surface area contributed by atoms with Crippen LogP contribution in [0.5, 0.6) is 5.75 Å². The highest BCUT2D eigenvalue weighted by Crippen LogP contribution is 2.17. The van der Waals surface area contributed by atoms with Gasteiger partial charge < -0.3 is 15.4 Å². The monoisotopic (exact) mass is 234 g/mol. The van der Waals surface area contributed by atoms with Gasteiger partial charge in [-0.2, -0.15) is 0 Å². The second-order valence-electron chi connectivity index (χ2n) is 4.93. The first-order valence-electron chi connectivity index (χ1n) is 6.45. The largest absolute Gasteiger partial charge is 0.491 e. The molecule has 1 heterocycles. The van der Waals surface area contributed by atoms with Gasteiger partial charge in [0.05, 0.1) is 6.10 Å². The highest BCUT2D eigenvalue weighted by Gasteiger charge is 2.13. The summed E-state index contributed by atoms with van der Waals surface area (Å²) in [5.74, 6) is 1.70. The fraction of sp³-hybridized carbons (Fsp3) is 0.571. The fourth-order valence-corrected chi connectivity index (χ4v) is 2.07. The molecule has 1 fully saturated rings. The molecule has 0 bridgehead atoms. The molecule has 0 aromatic heterocycles. The molecular weight excluding hydrogens is 212 g/mol. The molecule has 1 aliphatic heterocycles. The van der Waals surface area contributed by atoms with Crippen molar-refractivity contribution in [2.24, 2.45) is 5.92 Å². The van der Waals surface area contributed by atoms with Crippen molar-refractivity contribution < 1.29 is 4.74 Å². The van der Waals surface area contributed by atoms with E-state index in [2.05, 4.69) is 22.8 Å². The first-order valence-corrected chi connectivity index (χ1v) is 6.45. The van der Waals surface area contributed by atoms with Crippen LogP contribution in [0.25, 0.3) is 0 Å². The summed E-state index contributed by atoms with van der Waals surface area (Å²) in [6.07, 6.45) is 1.51. The topological polar surface area (TPSA) is 33.3 Å². The van der Waals surface area contributed by atoms with Gasteiger partial charge in [0.25, 0.3) is 0 Å². The molecular formula is C14H22N2O. The third-order valence-electron chi connectivity index (χ3n) is 2.98. The van der Waals surface area contributed by atoms with E-state index in [9.17, 15) is 0 Å². The summed E-state index contributed by atoms with van der Waals surface area (Å²) >= 11 is 0. The highest BCUT2D eigenvalue weighted by atomic mass is 16.5. The second kappa shape index (κ2) is 5.92. The molecule has 2 rings (SSSR count). The zero-order valence-electron chi connectivity index (χ0n) is 10.7. The summed E-state index contributed by atoms with van der Waals surface area (Å²) in [5.41, 5.74) is 1.17. The molecule has 1 saturated heterocycles. The first kappa shape index (κ1) is 12.2. The van der Waals surface area contributed by atoms with Gasteiger partial charge in [0.1, 0.15) is 5.75 Å². The summed E-state index contributed by atoms with van der Waals surface area (Å²) in [4.78, 5) is 0. The average Bonchev–Trinajstić information content (AvgIpc) is 2.80. The lowest BCUT2D eigenvalue weighted by molar-refractivity contribution is 0.242. The maximum absolute atomic E-state index is 5.61. The molecule has 0 aliphatic carbocycles. The minimum Gasteiger partial charge on any atom is -0.491 e. The molecule has 1 aromatic rings. The lowest BCUT2D eigenvalue weighted by Crippen LogP contribution is -2.17. The van der Waals surface area contributed by atoms with Crippen LogP contribution >= 0.6 is 0 Å². The van der Waals surface area contributed by atoms with Gasteiger partial charge in [0.15, 0.2) is 0 Å². The van der Waals surface area contributed by atoms with Crippen molar-refractivity contribution in [3.05, 3.63) is 24.3 Å². The summed E-state index contributed by atoms with van der Waals surface area (Å²) < 4.78 is 5.61. The van der Waals surface area contributed by atoms with Gasteiger partial charge in [-0.05, 0) is 63.5 Å². The van der Waals surface area contributed by atoms with Crippen molar-refractivity contribution in [1.82, 2.24) is 5.32 Å². The molecule has 0 spiro atoms. The quantitative estimate of drug-likeness (QED) is 0.821. The van der Waals surface area contributed by atoms with E-state index in [-0.39, 0.29) is 6.10 Å². The minimum atomic E-state index is 0.235. The van der Waals surface area contributed by atoms with Crippen LogP contribution in [-0.2, 0) is 0 Å². The molecule has 1 aliphatic rings. The van der Waals surface area contributed by atoms with E-state index in [4.69, 9.17) is 4.74 Å². The average molecular weight is 234 g/mol. The smallest absolute Gasteiger partial charge is 0.119 e. The van der Waals surface area contributed by atoms with Crippen LogP contribution < -0.4 is 15.4 Å². The van der Waals surface area contributed by atoms with Crippen molar-refractivity contribution in [2.45, 2.75) is 26.4 Å². The molecule has 2 N–H and O–H groups in total. The van der Waals surface area contributed by atoms with E-state index >= 15 is 0 Å². The van der Waals surface area contributed by atoms with Crippen LogP contribution in [0, 0.1) is 5.92 Å². The van der Waals surface area contributed by atoms with Crippen LogP contribution in [-0.4, -0.2) is 25.7 Å². The zero-order chi connectivity index (χ0) is 12.1. The summed E-state index contributed by atoms with van der Waals surface area (Å²) in [7, 11) is 0. The van der Waals surface area contributed by atoms with Crippen molar-refractivity contribution in [2.75, 3.05) is 25.0 Å². The van der Waals surface area contributed by atoms with Crippen molar-refractivity contribution in [3.63, 3.8) is 0 Å². The lowest BCUT2D eigenvalue weighted by Gasteiger charge is -2.13. The van der Waals surface area contributed by atoms with Gasteiger partial charge in [-0.3, -0.25) is 0 Å². The molecule has 17 heavy (non-hydrogen) atoms. The Bertz CT molecular complexity index is 329. The van der Waals surface area contributed by atoms with E-state index < -0.39 is 0 Å². The van der Waals surface area contributed by atoms with E-state index in [1.807, 2.05) is 26.0 Å². The van der Waals surface area contributed by atoms with Gasteiger partial charge in [-0.15, -0.1) is 0 Å². The van der Waals surface area contributed by atoms with Crippen LogP contribution in [0.15, 0.2) is 24.3 Å². The van der Waals surface area contributed by atoms with Gasteiger partial charge in [-0.1, -0.05) is 0 Å². The molecule has 3 heteroatoms. The van der Waals surface area contributed by atoms with Gasteiger partial charge in [0.2, 0.25) is 0 Å². The van der Waals surface area contributed by atoms with Crippen LogP contribution in [0.1, 0.15) is 20.3 Å². The SMILES string of the molecule is CC(C)Oc1ccc(NCC2CCNC2)cc1. The Hall–Kier alpha value is -1.22. The zero-order valence-corrected chi connectivity index (χ0v) is 10.7. The summed E-state index contributed by atoms with van der Waals surface area (Å²) in [6.45, 7) is 7.44. The molecule has 94 valence electrons. The van der Waals surface area contributed by atoms with E-state index in [1.54, 1.807) is 0 Å². The number of nitrogens with one attached hydrogen (secondary N) is 2. The van der Waals surface area contributed by atoms with E-state index in [1.165, 1.54) is 12.1 Å². The van der Waals surface area contributed by atoms with Crippen molar-refractivity contribution in [3.8, 4) is 5.75 Å². The number of hydrogen-bond donors (Lipinski definition) is 2. The first-order chi connectivity index (χ1) is 8.24. The lowest BCUT2D eigenvalue weighted by atomic mass is 10.1. The predicted octanol–water partition coefficient (Wildman–Crippen LogP) is 2.50. The molecule has 0 saturated carbocycles. The van der Waals surface area contributed by atoms with Crippen LogP contribution in [0.4, 0.5) is 5.69 Å². The van der Waals surface area contributed by atoms with E-state index in [0.717, 1.165) is 31.3 Å². The summed E-state index contributed by atoms with van der Waals surface area (Å²) in [5, 5.41) is 6.85. The predicted molar refractivity (Wildman–Crippen MR) is 71.7 cm³/mol. The fourth-order valence-electron chi connectivity index (χ4n) is 2.07. The number of hydrogen-bond acceptors (Lipinski definition) is 3. The normalized spacial score (nSPS) is 19.6. The molecule has 3 nitrogen and oxygen atoms in total. The maximum atomic E-state index is 5.61. The van der Waals surface area contributed by atoms with Crippen molar-refractivity contribution >= 4 is 5.69 Å². The Balaban J connectivity index is 1.80. The molecule has 1 aromatic carbocycles. The number of benzene rings is 1. The van der Waals surface area contributed by atoms with Gasteiger partial charge in [0, 0.05) is 12.2 Å². The Morgan fingerprint density at radius 1 is 1.35 bits per heavy atom. The Morgan fingerprint density at radius 2 is 2.12 bits per heavy atom. The van der Waals surface area contributed by atoms with E-state index in [0.29, 0.717) is 0 Å². The third kappa shape index (κ3) is 3.93. The number of anilines is 1. The number of ether oxygens (including phenoxy) is 1. The second-order valence-corrected chi connectivity index (χ2v) is 4.93. The number of rotatable bonds is 5. The summed E-state index contributed by atoms with van der Waals surface area (Å²) in [6, 6.07) is 8.21. The third-order valence-corrected chi connectivity index (χ3v) is 2.98. The Morgan fingerprint density at radius 3 is 2.71 bits per heavy atom. The van der Waals surface area contributed by atoms with Crippen LogP contribution in [0.2, 0.25) is 0 Å².